The maximum absolute atomic E-state index is 4.98. The molecule has 0 saturated heterocycles. The number of hydrogen-bond donors (Lipinski definition) is 1. The van der Waals surface area contributed by atoms with Gasteiger partial charge in [-0.2, -0.15) is 0 Å². The predicted octanol–water partition coefficient (Wildman–Crippen LogP) is 1.80. The number of rotatable bonds is 4. The largest absolute Gasteiger partial charge is 0.494 e. The maximum Gasteiger partial charge on any atom is 0.223 e. The van der Waals surface area contributed by atoms with Crippen molar-refractivity contribution in [2.75, 3.05) is 12.4 Å². The number of anilines is 1. The van der Waals surface area contributed by atoms with E-state index in [9.17, 15) is 0 Å². The standard InChI is InChI=1S/C12H14N4O/c1-9-4-3-5-10(16-9)6-13-12-14-7-11(17-2)8-15-12/h3-5,7-8H,6H2,1-2H3,(H,13,14,15). The normalized spacial score (nSPS) is 10.0. The van der Waals surface area contributed by atoms with Gasteiger partial charge >= 0.3 is 0 Å². The Labute approximate surface area is 99.9 Å². The average molecular weight is 230 g/mol. The van der Waals surface area contributed by atoms with Crippen molar-refractivity contribution in [3.05, 3.63) is 42.0 Å². The zero-order chi connectivity index (χ0) is 12.1. The Morgan fingerprint density at radius 2 is 2.00 bits per heavy atom. The van der Waals surface area contributed by atoms with Crippen LogP contribution in [0.2, 0.25) is 0 Å². The van der Waals surface area contributed by atoms with E-state index in [1.54, 1.807) is 19.5 Å². The first-order valence-corrected chi connectivity index (χ1v) is 5.30. The molecule has 0 atom stereocenters. The average Bonchev–Trinajstić information content (AvgIpc) is 2.37. The van der Waals surface area contributed by atoms with E-state index >= 15 is 0 Å². The van der Waals surface area contributed by atoms with Gasteiger partial charge in [0.2, 0.25) is 5.95 Å². The molecular weight excluding hydrogens is 216 g/mol. The lowest BCUT2D eigenvalue weighted by Crippen LogP contribution is -2.05. The molecule has 0 bridgehead atoms. The van der Waals surface area contributed by atoms with Gasteiger partial charge in [-0.25, -0.2) is 9.97 Å². The minimum Gasteiger partial charge on any atom is -0.494 e. The van der Waals surface area contributed by atoms with Crippen LogP contribution in [0.1, 0.15) is 11.4 Å². The summed E-state index contributed by atoms with van der Waals surface area (Å²) in [6.07, 6.45) is 3.25. The van der Waals surface area contributed by atoms with Gasteiger partial charge in [-0.05, 0) is 19.1 Å². The fourth-order valence-corrected chi connectivity index (χ4v) is 1.38. The third-order valence-electron chi connectivity index (χ3n) is 2.24. The second-order valence-electron chi connectivity index (χ2n) is 3.57. The molecule has 88 valence electrons. The quantitative estimate of drug-likeness (QED) is 0.867. The van der Waals surface area contributed by atoms with Gasteiger partial charge in [-0.15, -0.1) is 0 Å². The molecule has 1 N–H and O–H groups in total. The summed E-state index contributed by atoms with van der Waals surface area (Å²) in [7, 11) is 1.59. The van der Waals surface area contributed by atoms with Crippen LogP contribution in [0.5, 0.6) is 5.75 Å². The smallest absolute Gasteiger partial charge is 0.223 e. The molecule has 2 aromatic rings. The van der Waals surface area contributed by atoms with Gasteiger partial charge < -0.3 is 10.1 Å². The summed E-state index contributed by atoms with van der Waals surface area (Å²) in [6.45, 7) is 2.57. The summed E-state index contributed by atoms with van der Waals surface area (Å²) in [5, 5.41) is 3.10. The summed E-state index contributed by atoms with van der Waals surface area (Å²) in [5.41, 5.74) is 1.96. The van der Waals surface area contributed by atoms with Crippen molar-refractivity contribution in [1.82, 2.24) is 15.0 Å². The molecule has 0 aliphatic rings. The lowest BCUT2D eigenvalue weighted by Gasteiger charge is -2.05. The highest BCUT2D eigenvalue weighted by Crippen LogP contribution is 2.08. The van der Waals surface area contributed by atoms with E-state index in [4.69, 9.17) is 4.74 Å². The zero-order valence-corrected chi connectivity index (χ0v) is 9.84. The lowest BCUT2D eigenvalue weighted by atomic mass is 10.3. The number of pyridine rings is 1. The van der Waals surface area contributed by atoms with Crippen molar-refractivity contribution in [2.45, 2.75) is 13.5 Å². The van der Waals surface area contributed by atoms with Crippen molar-refractivity contribution in [3.63, 3.8) is 0 Å². The van der Waals surface area contributed by atoms with Crippen LogP contribution in [0.4, 0.5) is 5.95 Å². The fourth-order valence-electron chi connectivity index (χ4n) is 1.38. The van der Waals surface area contributed by atoms with Gasteiger partial charge in [0.15, 0.2) is 5.75 Å². The van der Waals surface area contributed by atoms with Crippen LogP contribution in [-0.2, 0) is 6.54 Å². The highest BCUT2D eigenvalue weighted by molar-refractivity contribution is 5.28. The highest BCUT2D eigenvalue weighted by Gasteiger charge is 1.98. The van der Waals surface area contributed by atoms with Gasteiger partial charge in [0.25, 0.3) is 0 Å². The van der Waals surface area contributed by atoms with Gasteiger partial charge in [0.1, 0.15) is 0 Å². The van der Waals surface area contributed by atoms with Crippen LogP contribution < -0.4 is 10.1 Å². The first-order valence-electron chi connectivity index (χ1n) is 5.30. The Morgan fingerprint density at radius 3 is 2.65 bits per heavy atom. The monoisotopic (exact) mass is 230 g/mol. The van der Waals surface area contributed by atoms with E-state index in [2.05, 4.69) is 20.3 Å². The SMILES string of the molecule is COc1cnc(NCc2cccc(C)n2)nc1. The van der Waals surface area contributed by atoms with E-state index in [1.807, 2.05) is 25.1 Å². The second-order valence-corrected chi connectivity index (χ2v) is 3.57. The third-order valence-corrected chi connectivity index (χ3v) is 2.24. The van der Waals surface area contributed by atoms with Crippen LogP contribution in [0.3, 0.4) is 0 Å². The van der Waals surface area contributed by atoms with Crippen LogP contribution in [-0.4, -0.2) is 22.1 Å². The molecule has 0 aliphatic carbocycles. The number of aryl methyl sites for hydroxylation is 1. The number of hydrogen-bond acceptors (Lipinski definition) is 5. The molecule has 0 amide bonds. The Hall–Kier alpha value is -2.17. The minimum atomic E-state index is 0.564. The molecule has 0 unspecified atom stereocenters. The molecule has 0 aliphatic heterocycles. The maximum atomic E-state index is 4.98. The number of nitrogens with zero attached hydrogens (tertiary/aromatic N) is 3. The topological polar surface area (TPSA) is 59.9 Å². The first kappa shape index (κ1) is 11.3. The molecule has 0 aromatic carbocycles. The van der Waals surface area contributed by atoms with Gasteiger partial charge in [-0.1, -0.05) is 6.07 Å². The summed E-state index contributed by atoms with van der Waals surface area (Å²) in [4.78, 5) is 12.6. The van der Waals surface area contributed by atoms with Crippen molar-refractivity contribution in [1.29, 1.82) is 0 Å². The fraction of sp³-hybridized carbons (Fsp3) is 0.250. The molecule has 0 fully saturated rings. The van der Waals surface area contributed by atoms with E-state index in [0.717, 1.165) is 11.4 Å². The molecule has 17 heavy (non-hydrogen) atoms. The Kier molecular flexibility index (Phi) is 3.49. The first-order chi connectivity index (χ1) is 8.28. The third kappa shape index (κ3) is 3.14. The van der Waals surface area contributed by atoms with Crippen molar-refractivity contribution < 1.29 is 4.74 Å². The van der Waals surface area contributed by atoms with Gasteiger partial charge in [0, 0.05) is 5.69 Å². The number of methoxy groups -OCH3 is 1. The van der Waals surface area contributed by atoms with E-state index in [0.29, 0.717) is 18.2 Å². The summed E-state index contributed by atoms with van der Waals surface area (Å²) in [5.74, 6) is 1.21. The highest BCUT2D eigenvalue weighted by atomic mass is 16.5. The lowest BCUT2D eigenvalue weighted by molar-refractivity contribution is 0.411. The molecular formula is C12H14N4O. The van der Waals surface area contributed by atoms with Crippen molar-refractivity contribution in [3.8, 4) is 5.75 Å². The van der Waals surface area contributed by atoms with Crippen LogP contribution in [0.15, 0.2) is 30.6 Å². The van der Waals surface area contributed by atoms with Gasteiger partial charge in [0.05, 0.1) is 31.7 Å². The minimum absolute atomic E-state index is 0.564. The Balaban J connectivity index is 1.97. The number of ether oxygens (including phenoxy) is 1. The van der Waals surface area contributed by atoms with Crippen molar-refractivity contribution in [2.24, 2.45) is 0 Å². The summed E-state index contributed by atoms with van der Waals surface area (Å²) in [6, 6.07) is 5.91. The van der Waals surface area contributed by atoms with Crippen LogP contribution >= 0.6 is 0 Å². The molecule has 5 nitrogen and oxygen atoms in total. The predicted molar refractivity (Wildman–Crippen MR) is 64.9 cm³/mol. The molecule has 0 spiro atoms. The summed E-state index contributed by atoms with van der Waals surface area (Å²) < 4.78 is 4.98. The summed E-state index contributed by atoms with van der Waals surface area (Å²) >= 11 is 0. The molecule has 0 radical (unpaired) electrons. The number of nitrogens with one attached hydrogen (secondary N) is 1. The molecule has 5 heteroatoms. The molecule has 2 rings (SSSR count). The van der Waals surface area contributed by atoms with E-state index in [1.165, 1.54) is 0 Å². The number of aromatic nitrogens is 3. The van der Waals surface area contributed by atoms with Gasteiger partial charge in [-0.3, -0.25) is 4.98 Å². The Bertz CT molecular complexity index is 484. The zero-order valence-electron chi connectivity index (χ0n) is 9.84. The van der Waals surface area contributed by atoms with Crippen LogP contribution in [0, 0.1) is 6.92 Å². The van der Waals surface area contributed by atoms with Crippen molar-refractivity contribution >= 4 is 5.95 Å². The Morgan fingerprint density at radius 1 is 1.24 bits per heavy atom. The molecule has 2 heterocycles. The van der Waals surface area contributed by atoms with E-state index in [-0.39, 0.29) is 0 Å². The van der Waals surface area contributed by atoms with E-state index < -0.39 is 0 Å². The van der Waals surface area contributed by atoms with Crippen LogP contribution in [0.25, 0.3) is 0 Å². The molecule has 0 saturated carbocycles. The molecule has 2 aromatic heterocycles. The second kappa shape index (κ2) is 5.25.